The van der Waals surface area contributed by atoms with Gasteiger partial charge in [-0.3, -0.25) is 0 Å². The van der Waals surface area contributed by atoms with Gasteiger partial charge in [-0.15, -0.1) is 0 Å². The van der Waals surface area contributed by atoms with E-state index >= 15 is 0 Å². The van der Waals surface area contributed by atoms with E-state index in [4.69, 9.17) is 4.74 Å². The molecule has 2 aromatic heterocycles. The Morgan fingerprint density at radius 2 is 2.06 bits per heavy atom. The van der Waals surface area contributed by atoms with Crippen LogP contribution in [0.1, 0.15) is 42.6 Å². The number of ether oxygens (including phenoxy) is 1. The number of hydrogen-bond acceptors (Lipinski definition) is 4. The minimum atomic E-state index is -0.934. The van der Waals surface area contributed by atoms with E-state index in [9.17, 15) is 19.1 Å². The van der Waals surface area contributed by atoms with Crippen molar-refractivity contribution >= 4 is 23.1 Å². The van der Waals surface area contributed by atoms with E-state index in [1.165, 1.54) is 6.07 Å². The summed E-state index contributed by atoms with van der Waals surface area (Å²) >= 11 is 0. The Bertz CT molecular complexity index is 1110. The van der Waals surface area contributed by atoms with Gasteiger partial charge in [0.2, 0.25) is 5.95 Å². The van der Waals surface area contributed by atoms with Crippen molar-refractivity contribution in [3.63, 3.8) is 0 Å². The second-order valence-corrected chi connectivity index (χ2v) is 7.71. The van der Waals surface area contributed by atoms with Crippen molar-refractivity contribution in [3.05, 3.63) is 65.2 Å². The van der Waals surface area contributed by atoms with E-state index in [1.54, 1.807) is 10.6 Å². The van der Waals surface area contributed by atoms with Crippen molar-refractivity contribution in [2.45, 2.75) is 51.3 Å². The summed E-state index contributed by atoms with van der Waals surface area (Å²) in [6, 6.07) is 11.3. The first-order valence-corrected chi connectivity index (χ1v) is 10.4. The number of amides is 1. The molecular formula is C23H24FN3O4. The van der Waals surface area contributed by atoms with Gasteiger partial charge >= 0.3 is 12.1 Å². The number of nitrogens with one attached hydrogen (secondary N) is 1. The predicted octanol–water partition coefficient (Wildman–Crippen LogP) is 3.99. The van der Waals surface area contributed by atoms with Gasteiger partial charge in [-0.2, -0.15) is 4.39 Å². The Hall–Kier alpha value is -3.42. The summed E-state index contributed by atoms with van der Waals surface area (Å²) < 4.78 is 21.0. The molecule has 7 nitrogen and oxygen atoms in total. The summed E-state index contributed by atoms with van der Waals surface area (Å²) in [5, 5.41) is 12.6. The highest BCUT2D eigenvalue weighted by atomic mass is 19.1. The van der Waals surface area contributed by atoms with Gasteiger partial charge in [0, 0.05) is 17.3 Å². The molecule has 4 rings (SSSR count). The molecule has 2 heterocycles. The van der Waals surface area contributed by atoms with Crippen LogP contribution in [0.4, 0.5) is 9.18 Å². The Morgan fingerprint density at radius 1 is 1.29 bits per heavy atom. The van der Waals surface area contributed by atoms with Crippen LogP contribution in [0.2, 0.25) is 0 Å². The minimum Gasteiger partial charge on any atom is -0.480 e. The first kappa shape index (κ1) is 20.8. The van der Waals surface area contributed by atoms with E-state index < -0.39 is 24.1 Å². The second kappa shape index (κ2) is 8.75. The molecular weight excluding hydrogens is 401 g/mol. The third-order valence-electron chi connectivity index (χ3n) is 5.72. The molecule has 0 aliphatic heterocycles. The Kier molecular flexibility index (Phi) is 5.88. The van der Waals surface area contributed by atoms with E-state index in [1.807, 2.05) is 37.3 Å². The summed E-state index contributed by atoms with van der Waals surface area (Å²) in [4.78, 5) is 28.2. The first-order valence-electron chi connectivity index (χ1n) is 10.4. The highest BCUT2D eigenvalue weighted by molar-refractivity contribution is 5.85. The van der Waals surface area contributed by atoms with Crippen molar-refractivity contribution in [2.24, 2.45) is 0 Å². The molecule has 1 amide bonds. The highest BCUT2D eigenvalue weighted by Gasteiger charge is 2.31. The fourth-order valence-electron chi connectivity index (χ4n) is 4.30. The maximum Gasteiger partial charge on any atom is 0.407 e. The zero-order chi connectivity index (χ0) is 22.0. The molecule has 3 aromatic rings. The monoisotopic (exact) mass is 425 g/mol. The van der Waals surface area contributed by atoms with Gasteiger partial charge in [-0.25, -0.2) is 14.6 Å². The number of alkyl carbamates (subject to hydrolysis) is 1. The molecule has 0 saturated carbocycles. The number of aliphatic carboxylic acids is 1. The first-order chi connectivity index (χ1) is 15.0. The molecule has 0 bridgehead atoms. The third kappa shape index (κ3) is 4.23. The molecule has 1 aromatic carbocycles. The van der Waals surface area contributed by atoms with Gasteiger partial charge in [0.25, 0.3) is 0 Å². The number of carboxylic acids is 1. The lowest BCUT2D eigenvalue weighted by Gasteiger charge is -2.26. The smallest absolute Gasteiger partial charge is 0.407 e. The molecule has 162 valence electrons. The molecule has 1 unspecified atom stereocenters. The van der Waals surface area contributed by atoms with Gasteiger partial charge in [0.1, 0.15) is 12.6 Å². The van der Waals surface area contributed by atoms with Crippen molar-refractivity contribution in [3.8, 4) is 0 Å². The van der Waals surface area contributed by atoms with E-state index in [0.717, 1.165) is 16.8 Å². The summed E-state index contributed by atoms with van der Waals surface area (Å²) in [7, 11) is 0. The maximum absolute atomic E-state index is 13.9. The van der Waals surface area contributed by atoms with E-state index in [0.29, 0.717) is 36.7 Å². The zero-order valence-electron chi connectivity index (χ0n) is 17.2. The fourth-order valence-corrected chi connectivity index (χ4v) is 4.30. The number of hydrogen-bond donors (Lipinski definition) is 2. The molecule has 2 N–H and O–H groups in total. The molecule has 1 aliphatic rings. The summed E-state index contributed by atoms with van der Waals surface area (Å²) in [5.74, 6) is -1.55. The Balaban J connectivity index is 1.56. The van der Waals surface area contributed by atoms with Crippen molar-refractivity contribution in [2.75, 3.05) is 0 Å². The van der Waals surface area contributed by atoms with Crippen LogP contribution in [0.25, 0.3) is 11.0 Å². The lowest BCUT2D eigenvalue weighted by atomic mass is 9.92. The number of pyridine rings is 1. The largest absolute Gasteiger partial charge is 0.480 e. The number of rotatable bonds is 6. The topological polar surface area (TPSA) is 93.5 Å². The van der Waals surface area contributed by atoms with Crippen LogP contribution >= 0.6 is 0 Å². The lowest BCUT2D eigenvalue weighted by Crippen LogP contribution is -2.39. The number of carbonyl (C=O) groups is 2. The average molecular weight is 425 g/mol. The van der Waals surface area contributed by atoms with Gasteiger partial charge < -0.3 is 19.7 Å². The van der Waals surface area contributed by atoms with Crippen molar-refractivity contribution in [1.29, 1.82) is 0 Å². The summed E-state index contributed by atoms with van der Waals surface area (Å²) in [5.41, 5.74) is 3.59. The Morgan fingerprint density at radius 3 is 2.77 bits per heavy atom. The van der Waals surface area contributed by atoms with Crippen LogP contribution in [0, 0.1) is 5.95 Å². The van der Waals surface area contributed by atoms with Gasteiger partial charge in [0.05, 0.1) is 11.0 Å². The lowest BCUT2D eigenvalue weighted by molar-refractivity contribution is -0.140. The average Bonchev–Trinajstić information content (AvgIpc) is 3.06. The standard InChI is InChI=1S/C23H24FN3O4/c1-2-17(22(28)29)27-18-9-8-15(12-16(18)21-19(27)10-11-20(24)26-21)25-23(30)31-13-14-6-4-3-5-7-14/h3-7,10-11,15,17H,2,8-9,12-13H2,1H3,(H,25,30)(H,28,29)/t15?,17-/m1/s1. The number of nitrogens with zero attached hydrogens (tertiary/aromatic N) is 2. The molecule has 0 saturated heterocycles. The quantitative estimate of drug-likeness (QED) is 0.583. The predicted molar refractivity (Wildman–Crippen MR) is 112 cm³/mol. The SMILES string of the molecule is CC[C@H](C(=O)O)n1c2c(c3nc(F)ccc31)CC(NC(=O)OCc1ccccc1)CC2. The fraction of sp³-hybridized carbons (Fsp3) is 0.348. The minimum absolute atomic E-state index is 0.174. The van der Waals surface area contributed by atoms with Gasteiger partial charge in [0.15, 0.2) is 0 Å². The van der Waals surface area contributed by atoms with Crippen LogP contribution in [-0.4, -0.2) is 32.8 Å². The number of benzene rings is 1. The van der Waals surface area contributed by atoms with Crippen LogP contribution in [0.15, 0.2) is 42.5 Å². The van der Waals surface area contributed by atoms with Crippen LogP contribution < -0.4 is 5.32 Å². The second-order valence-electron chi connectivity index (χ2n) is 7.71. The molecule has 0 radical (unpaired) electrons. The van der Waals surface area contributed by atoms with Crippen molar-refractivity contribution < 1.29 is 23.8 Å². The van der Waals surface area contributed by atoms with E-state index in [-0.39, 0.29) is 12.6 Å². The number of carbonyl (C=O) groups excluding carboxylic acids is 1. The van der Waals surface area contributed by atoms with E-state index in [2.05, 4.69) is 10.3 Å². The number of carboxylic acid groups (broad SMARTS) is 1. The normalized spacial score (nSPS) is 16.5. The summed E-state index contributed by atoms with van der Waals surface area (Å²) in [6.07, 6.45) is 1.50. The van der Waals surface area contributed by atoms with Crippen molar-refractivity contribution in [1.82, 2.24) is 14.9 Å². The third-order valence-corrected chi connectivity index (χ3v) is 5.72. The van der Waals surface area contributed by atoms with Gasteiger partial charge in [-0.1, -0.05) is 37.3 Å². The van der Waals surface area contributed by atoms with Crippen LogP contribution in [0.5, 0.6) is 0 Å². The Labute approximate surface area is 178 Å². The number of fused-ring (bicyclic) bond motifs is 3. The molecule has 8 heteroatoms. The zero-order valence-corrected chi connectivity index (χ0v) is 17.2. The number of aromatic nitrogens is 2. The van der Waals surface area contributed by atoms with Crippen LogP contribution in [0.3, 0.4) is 0 Å². The highest BCUT2D eigenvalue weighted by Crippen LogP contribution is 2.35. The molecule has 31 heavy (non-hydrogen) atoms. The molecule has 2 atom stereocenters. The maximum atomic E-state index is 13.9. The molecule has 1 aliphatic carbocycles. The van der Waals surface area contributed by atoms with Gasteiger partial charge in [-0.05, 0) is 43.4 Å². The molecule has 0 spiro atoms. The number of halogens is 1. The summed E-state index contributed by atoms with van der Waals surface area (Å²) in [6.45, 7) is 1.98. The van der Waals surface area contributed by atoms with Crippen LogP contribution in [-0.2, 0) is 29.0 Å². The molecule has 0 fully saturated rings.